The van der Waals surface area contributed by atoms with Gasteiger partial charge in [0.25, 0.3) is 0 Å². The van der Waals surface area contributed by atoms with Crippen LogP contribution >= 0.6 is 11.6 Å². The standard InChI is InChI=1S/C22H24ClN3O2/c1-13-9-17(10-14(2)24-13)21-19-7-8-28-15(3)12-26(19)22(25-21)16-5-6-20(27-4)18(23)11-16/h5-6,9-11,15H,7-8,12H2,1-4H3. The molecule has 3 heterocycles. The van der Waals surface area contributed by atoms with E-state index in [1.54, 1.807) is 7.11 Å². The largest absolute Gasteiger partial charge is 0.495 e. The summed E-state index contributed by atoms with van der Waals surface area (Å²) in [6, 6.07) is 9.99. The first-order valence-electron chi connectivity index (χ1n) is 9.47. The molecule has 28 heavy (non-hydrogen) atoms. The lowest BCUT2D eigenvalue weighted by Gasteiger charge is -2.13. The number of methoxy groups -OCH3 is 1. The number of aromatic nitrogens is 3. The van der Waals surface area contributed by atoms with E-state index in [4.69, 9.17) is 26.1 Å². The summed E-state index contributed by atoms with van der Waals surface area (Å²) in [6.45, 7) is 7.57. The summed E-state index contributed by atoms with van der Waals surface area (Å²) in [5.41, 5.74) is 6.22. The molecular weight excluding hydrogens is 374 g/mol. The fourth-order valence-electron chi connectivity index (χ4n) is 3.83. The number of hydrogen-bond acceptors (Lipinski definition) is 4. The van der Waals surface area contributed by atoms with Crippen LogP contribution in [0.3, 0.4) is 0 Å². The minimum absolute atomic E-state index is 0.122. The van der Waals surface area contributed by atoms with Gasteiger partial charge in [-0.3, -0.25) is 4.98 Å². The molecule has 146 valence electrons. The molecule has 1 aliphatic rings. The predicted octanol–water partition coefficient (Wildman–Crippen LogP) is 4.85. The topological polar surface area (TPSA) is 49.2 Å². The third kappa shape index (κ3) is 3.52. The third-order valence-corrected chi connectivity index (χ3v) is 5.31. The number of hydrogen-bond donors (Lipinski definition) is 0. The molecule has 6 heteroatoms. The third-order valence-electron chi connectivity index (χ3n) is 5.02. The van der Waals surface area contributed by atoms with Crippen molar-refractivity contribution in [3.63, 3.8) is 0 Å². The maximum atomic E-state index is 6.39. The number of pyridine rings is 1. The fourth-order valence-corrected chi connectivity index (χ4v) is 4.09. The summed E-state index contributed by atoms with van der Waals surface area (Å²) in [7, 11) is 1.62. The highest BCUT2D eigenvalue weighted by molar-refractivity contribution is 6.32. The molecule has 0 spiro atoms. The van der Waals surface area contributed by atoms with E-state index in [1.807, 2.05) is 32.0 Å². The van der Waals surface area contributed by atoms with Crippen molar-refractivity contribution in [2.75, 3.05) is 13.7 Å². The van der Waals surface area contributed by atoms with Gasteiger partial charge < -0.3 is 14.0 Å². The van der Waals surface area contributed by atoms with Crippen molar-refractivity contribution < 1.29 is 9.47 Å². The molecule has 0 saturated heterocycles. The van der Waals surface area contributed by atoms with E-state index in [0.29, 0.717) is 17.4 Å². The highest BCUT2D eigenvalue weighted by Gasteiger charge is 2.24. The lowest BCUT2D eigenvalue weighted by atomic mass is 10.1. The second-order valence-electron chi connectivity index (χ2n) is 7.26. The molecular formula is C22H24ClN3O2. The van der Waals surface area contributed by atoms with Crippen LogP contribution in [0.5, 0.6) is 5.75 Å². The van der Waals surface area contributed by atoms with Crippen molar-refractivity contribution >= 4 is 11.6 Å². The van der Waals surface area contributed by atoms with E-state index < -0.39 is 0 Å². The maximum Gasteiger partial charge on any atom is 0.141 e. The van der Waals surface area contributed by atoms with Gasteiger partial charge in [0.2, 0.25) is 0 Å². The maximum absolute atomic E-state index is 6.39. The van der Waals surface area contributed by atoms with E-state index in [9.17, 15) is 0 Å². The van der Waals surface area contributed by atoms with Crippen LogP contribution in [0, 0.1) is 13.8 Å². The molecule has 5 nitrogen and oxygen atoms in total. The number of rotatable bonds is 3. The number of ether oxygens (including phenoxy) is 2. The van der Waals surface area contributed by atoms with Gasteiger partial charge in [0.15, 0.2) is 0 Å². The molecule has 4 rings (SSSR count). The molecule has 2 aromatic heterocycles. The van der Waals surface area contributed by atoms with E-state index >= 15 is 0 Å². The summed E-state index contributed by atoms with van der Waals surface area (Å²) >= 11 is 6.39. The van der Waals surface area contributed by atoms with Gasteiger partial charge in [-0.25, -0.2) is 4.98 Å². The molecule has 3 aromatic rings. The fraction of sp³-hybridized carbons (Fsp3) is 0.364. The average Bonchev–Trinajstić information content (AvgIpc) is 2.88. The molecule has 0 amide bonds. The second kappa shape index (κ2) is 7.57. The SMILES string of the molecule is COc1ccc(-c2nc(-c3cc(C)nc(C)c3)c3n2CC(C)OCC3)cc1Cl. The Kier molecular flexibility index (Phi) is 5.13. The van der Waals surface area contributed by atoms with Gasteiger partial charge >= 0.3 is 0 Å². The zero-order valence-corrected chi connectivity index (χ0v) is 17.4. The number of halogens is 1. The first-order chi connectivity index (χ1) is 13.5. The Morgan fingerprint density at radius 1 is 1.11 bits per heavy atom. The Morgan fingerprint density at radius 2 is 1.86 bits per heavy atom. The van der Waals surface area contributed by atoms with Crippen LogP contribution < -0.4 is 4.74 Å². The molecule has 0 aliphatic carbocycles. The second-order valence-corrected chi connectivity index (χ2v) is 7.67. The summed E-state index contributed by atoms with van der Waals surface area (Å²) in [4.78, 5) is 9.57. The van der Waals surface area contributed by atoms with Crippen LogP contribution in [0.4, 0.5) is 0 Å². The monoisotopic (exact) mass is 397 g/mol. The van der Waals surface area contributed by atoms with Gasteiger partial charge in [-0.15, -0.1) is 0 Å². The zero-order chi connectivity index (χ0) is 19.8. The summed E-state index contributed by atoms with van der Waals surface area (Å²) < 4.78 is 13.5. The molecule has 0 fully saturated rings. The van der Waals surface area contributed by atoms with E-state index in [2.05, 4.69) is 28.6 Å². The summed E-state index contributed by atoms with van der Waals surface area (Å²) in [5.74, 6) is 1.56. The smallest absolute Gasteiger partial charge is 0.141 e. The van der Waals surface area contributed by atoms with E-state index in [-0.39, 0.29) is 6.10 Å². The first-order valence-corrected chi connectivity index (χ1v) is 9.84. The lowest BCUT2D eigenvalue weighted by Crippen LogP contribution is -2.15. The van der Waals surface area contributed by atoms with Gasteiger partial charge in [-0.1, -0.05) is 11.6 Å². The Balaban J connectivity index is 1.92. The van der Waals surface area contributed by atoms with E-state index in [0.717, 1.165) is 47.0 Å². The van der Waals surface area contributed by atoms with Crippen LogP contribution in [-0.4, -0.2) is 34.4 Å². The number of imidazole rings is 1. The zero-order valence-electron chi connectivity index (χ0n) is 16.6. The highest BCUT2D eigenvalue weighted by atomic mass is 35.5. The number of aryl methyl sites for hydroxylation is 2. The van der Waals surface area contributed by atoms with Gasteiger partial charge in [0, 0.05) is 34.6 Å². The molecule has 1 unspecified atom stereocenters. The van der Waals surface area contributed by atoms with Crippen molar-refractivity contribution in [2.45, 2.75) is 39.8 Å². The van der Waals surface area contributed by atoms with Crippen LogP contribution in [0.1, 0.15) is 24.0 Å². The highest BCUT2D eigenvalue weighted by Crippen LogP contribution is 2.35. The number of fused-ring (bicyclic) bond motifs is 1. The van der Waals surface area contributed by atoms with Crippen LogP contribution in [0.25, 0.3) is 22.6 Å². The molecule has 1 aliphatic heterocycles. The molecule has 0 radical (unpaired) electrons. The number of nitrogens with zero attached hydrogens (tertiary/aromatic N) is 3. The van der Waals surface area contributed by atoms with Crippen molar-refractivity contribution in [3.05, 3.63) is 52.4 Å². The normalized spacial score (nSPS) is 16.5. The number of benzene rings is 1. The minimum atomic E-state index is 0.122. The van der Waals surface area contributed by atoms with Crippen LogP contribution in [-0.2, 0) is 17.7 Å². The Hall–Kier alpha value is -2.37. The van der Waals surface area contributed by atoms with Crippen LogP contribution in [0.15, 0.2) is 30.3 Å². The first kappa shape index (κ1) is 19.0. The van der Waals surface area contributed by atoms with Crippen LogP contribution in [0.2, 0.25) is 5.02 Å². The Labute approximate surface area is 170 Å². The Morgan fingerprint density at radius 3 is 2.54 bits per heavy atom. The molecule has 0 saturated carbocycles. The van der Waals surface area contributed by atoms with Gasteiger partial charge in [0.05, 0.1) is 37.1 Å². The van der Waals surface area contributed by atoms with E-state index in [1.165, 1.54) is 5.69 Å². The molecule has 1 aromatic carbocycles. The summed E-state index contributed by atoms with van der Waals surface area (Å²) in [5, 5.41) is 0.576. The minimum Gasteiger partial charge on any atom is -0.495 e. The molecule has 0 N–H and O–H groups in total. The molecule has 0 bridgehead atoms. The van der Waals surface area contributed by atoms with Crippen molar-refractivity contribution in [3.8, 4) is 28.4 Å². The van der Waals surface area contributed by atoms with Crippen molar-refractivity contribution in [1.82, 2.24) is 14.5 Å². The van der Waals surface area contributed by atoms with Crippen molar-refractivity contribution in [2.24, 2.45) is 0 Å². The van der Waals surface area contributed by atoms with Gasteiger partial charge in [-0.2, -0.15) is 0 Å². The van der Waals surface area contributed by atoms with Gasteiger partial charge in [0.1, 0.15) is 11.6 Å². The average molecular weight is 398 g/mol. The predicted molar refractivity (Wildman–Crippen MR) is 111 cm³/mol. The summed E-state index contributed by atoms with van der Waals surface area (Å²) in [6.07, 6.45) is 0.938. The molecule has 1 atom stereocenters. The lowest BCUT2D eigenvalue weighted by molar-refractivity contribution is 0.0666. The van der Waals surface area contributed by atoms with Gasteiger partial charge in [-0.05, 0) is 51.1 Å². The Bertz CT molecular complexity index is 1010. The quantitative estimate of drug-likeness (QED) is 0.633. The van der Waals surface area contributed by atoms with Crippen molar-refractivity contribution in [1.29, 1.82) is 0 Å².